The lowest BCUT2D eigenvalue weighted by Gasteiger charge is -2.34. The van der Waals surface area contributed by atoms with Crippen LogP contribution in [0.1, 0.15) is 32.1 Å². The molecule has 15 heavy (non-hydrogen) atoms. The zero-order valence-electron chi connectivity index (χ0n) is 9.37. The van der Waals surface area contributed by atoms with E-state index in [0.29, 0.717) is 0 Å². The third-order valence-corrected chi connectivity index (χ3v) is 3.72. The number of thioether (sulfide) groups is 1. The molecule has 1 fully saturated rings. The minimum Gasteiger partial charge on any atom is -0.481 e. The first-order valence-electron chi connectivity index (χ1n) is 5.71. The minimum absolute atomic E-state index is 0.129. The first kappa shape index (κ1) is 12.8. The van der Waals surface area contributed by atoms with Gasteiger partial charge in [0.25, 0.3) is 0 Å². The van der Waals surface area contributed by atoms with Crippen LogP contribution >= 0.6 is 11.8 Å². The largest absolute Gasteiger partial charge is 0.481 e. The van der Waals surface area contributed by atoms with Crippen molar-refractivity contribution >= 4 is 17.7 Å². The third-order valence-electron chi connectivity index (χ3n) is 3.02. The molecule has 0 aromatic carbocycles. The highest BCUT2D eigenvalue weighted by molar-refractivity contribution is 7.98. The van der Waals surface area contributed by atoms with Crippen molar-refractivity contribution in [1.82, 2.24) is 5.32 Å². The second-order valence-corrected chi connectivity index (χ2v) is 5.12. The Hall–Kier alpha value is -0.220. The van der Waals surface area contributed by atoms with Gasteiger partial charge in [-0.3, -0.25) is 4.79 Å². The van der Waals surface area contributed by atoms with Gasteiger partial charge in [0, 0.05) is 6.04 Å². The number of carboxylic acid groups (broad SMARTS) is 1. The Balaban J connectivity index is 1.94. The fourth-order valence-electron chi connectivity index (χ4n) is 1.88. The molecule has 0 saturated heterocycles. The molecule has 0 heterocycles. The van der Waals surface area contributed by atoms with Gasteiger partial charge in [-0.1, -0.05) is 6.42 Å². The average Bonchev–Trinajstić information content (AvgIpc) is 2.13. The van der Waals surface area contributed by atoms with Gasteiger partial charge in [0.15, 0.2) is 0 Å². The van der Waals surface area contributed by atoms with E-state index in [2.05, 4.69) is 11.6 Å². The van der Waals surface area contributed by atoms with E-state index in [4.69, 9.17) is 5.11 Å². The Labute approximate surface area is 96.0 Å². The van der Waals surface area contributed by atoms with E-state index in [1.54, 1.807) is 0 Å². The molecular weight excluding hydrogens is 210 g/mol. The fourth-order valence-corrected chi connectivity index (χ4v) is 2.37. The van der Waals surface area contributed by atoms with Crippen LogP contribution in [-0.2, 0) is 4.79 Å². The molecule has 0 amide bonds. The van der Waals surface area contributed by atoms with E-state index in [-0.39, 0.29) is 12.0 Å². The third kappa shape index (κ3) is 4.43. The van der Waals surface area contributed by atoms with Gasteiger partial charge in [0.1, 0.15) is 0 Å². The maximum atomic E-state index is 10.7. The van der Waals surface area contributed by atoms with Gasteiger partial charge in [-0.15, -0.1) is 0 Å². The topological polar surface area (TPSA) is 49.3 Å². The number of carboxylic acids is 1. The van der Waals surface area contributed by atoms with E-state index < -0.39 is 5.97 Å². The van der Waals surface area contributed by atoms with Gasteiger partial charge >= 0.3 is 5.97 Å². The molecule has 2 atom stereocenters. The van der Waals surface area contributed by atoms with Crippen LogP contribution in [0, 0.1) is 5.92 Å². The van der Waals surface area contributed by atoms with E-state index in [1.165, 1.54) is 25.0 Å². The summed E-state index contributed by atoms with van der Waals surface area (Å²) in [6.45, 7) is 0.975. The Morgan fingerprint density at radius 1 is 1.40 bits per heavy atom. The average molecular weight is 231 g/mol. The lowest BCUT2D eigenvalue weighted by molar-refractivity contribution is -0.146. The Kier molecular flexibility index (Phi) is 6.10. The molecule has 1 aliphatic rings. The summed E-state index contributed by atoms with van der Waals surface area (Å²) in [5.41, 5.74) is 0. The molecule has 2 N–H and O–H groups in total. The van der Waals surface area contributed by atoms with Crippen molar-refractivity contribution in [2.24, 2.45) is 5.92 Å². The summed E-state index contributed by atoms with van der Waals surface area (Å²) >= 11 is 1.89. The number of unbranched alkanes of at least 4 members (excludes halogenated alkanes) is 2. The lowest BCUT2D eigenvalue weighted by atomic mass is 9.79. The van der Waals surface area contributed by atoms with E-state index >= 15 is 0 Å². The molecule has 0 aliphatic heterocycles. The molecule has 0 radical (unpaired) electrons. The van der Waals surface area contributed by atoms with Gasteiger partial charge in [-0.25, -0.2) is 0 Å². The second kappa shape index (κ2) is 7.12. The Morgan fingerprint density at radius 3 is 2.73 bits per heavy atom. The molecule has 0 aromatic rings. The smallest absolute Gasteiger partial charge is 0.308 e. The predicted molar refractivity (Wildman–Crippen MR) is 64.4 cm³/mol. The van der Waals surface area contributed by atoms with Crippen LogP contribution in [-0.4, -0.2) is 35.7 Å². The van der Waals surface area contributed by atoms with Gasteiger partial charge in [-0.05, 0) is 44.2 Å². The van der Waals surface area contributed by atoms with Crippen molar-refractivity contribution in [3.63, 3.8) is 0 Å². The maximum Gasteiger partial charge on any atom is 0.308 e. The first-order valence-corrected chi connectivity index (χ1v) is 7.10. The second-order valence-electron chi connectivity index (χ2n) is 4.14. The highest BCUT2D eigenvalue weighted by Crippen LogP contribution is 2.27. The number of hydrogen-bond donors (Lipinski definition) is 2. The van der Waals surface area contributed by atoms with Crippen molar-refractivity contribution in [2.45, 2.75) is 38.1 Å². The Bertz CT molecular complexity index is 199. The zero-order valence-corrected chi connectivity index (χ0v) is 10.2. The van der Waals surface area contributed by atoms with E-state index in [9.17, 15) is 4.79 Å². The molecule has 0 bridgehead atoms. The van der Waals surface area contributed by atoms with Crippen molar-refractivity contribution in [2.75, 3.05) is 18.6 Å². The molecule has 0 aromatic heterocycles. The molecule has 3 nitrogen and oxygen atoms in total. The summed E-state index contributed by atoms with van der Waals surface area (Å²) in [7, 11) is 0. The summed E-state index contributed by atoms with van der Waals surface area (Å²) in [6.07, 6.45) is 7.70. The van der Waals surface area contributed by atoms with Crippen LogP contribution in [0.25, 0.3) is 0 Å². The van der Waals surface area contributed by atoms with Gasteiger partial charge in [-0.2, -0.15) is 11.8 Å². The summed E-state index contributed by atoms with van der Waals surface area (Å²) < 4.78 is 0. The molecule has 1 saturated carbocycles. The SMILES string of the molecule is CSCCCCCNC1CCC1C(=O)O. The van der Waals surface area contributed by atoms with Crippen molar-refractivity contribution < 1.29 is 9.90 Å². The first-order chi connectivity index (χ1) is 7.25. The number of carbonyl (C=O) groups is 1. The highest BCUT2D eigenvalue weighted by Gasteiger charge is 2.35. The molecule has 4 heteroatoms. The van der Waals surface area contributed by atoms with Crippen LogP contribution in [0.5, 0.6) is 0 Å². The van der Waals surface area contributed by atoms with Crippen LogP contribution in [0.2, 0.25) is 0 Å². The summed E-state index contributed by atoms with van der Waals surface area (Å²) in [5, 5.41) is 12.2. The minimum atomic E-state index is -0.638. The van der Waals surface area contributed by atoms with Crippen LogP contribution < -0.4 is 5.32 Å². The van der Waals surface area contributed by atoms with Crippen molar-refractivity contribution in [3.05, 3.63) is 0 Å². The summed E-state index contributed by atoms with van der Waals surface area (Å²) in [4.78, 5) is 10.7. The van der Waals surface area contributed by atoms with E-state index in [0.717, 1.165) is 19.4 Å². The van der Waals surface area contributed by atoms with Gasteiger partial charge < -0.3 is 10.4 Å². The van der Waals surface area contributed by atoms with Crippen LogP contribution in [0.15, 0.2) is 0 Å². The molecule has 2 unspecified atom stereocenters. The monoisotopic (exact) mass is 231 g/mol. The number of hydrogen-bond acceptors (Lipinski definition) is 3. The maximum absolute atomic E-state index is 10.7. The Morgan fingerprint density at radius 2 is 2.20 bits per heavy atom. The number of nitrogens with one attached hydrogen (secondary N) is 1. The van der Waals surface area contributed by atoms with Crippen molar-refractivity contribution in [1.29, 1.82) is 0 Å². The molecule has 1 rings (SSSR count). The molecule has 1 aliphatic carbocycles. The molecule has 0 spiro atoms. The fraction of sp³-hybridized carbons (Fsp3) is 0.909. The standard InChI is InChI=1S/C11H21NO2S/c1-15-8-4-2-3-7-12-10-6-5-9(10)11(13)14/h9-10,12H,2-8H2,1H3,(H,13,14). The highest BCUT2D eigenvalue weighted by atomic mass is 32.2. The summed E-state index contributed by atoms with van der Waals surface area (Å²) in [6, 6.07) is 0.239. The quantitative estimate of drug-likeness (QED) is 0.627. The van der Waals surface area contributed by atoms with Crippen LogP contribution in [0.4, 0.5) is 0 Å². The van der Waals surface area contributed by atoms with Crippen LogP contribution in [0.3, 0.4) is 0 Å². The molecular formula is C11H21NO2S. The van der Waals surface area contributed by atoms with Gasteiger partial charge in [0.05, 0.1) is 5.92 Å². The summed E-state index contributed by atoms with van der Waals surface area (Å²) in [5.74, 6) is 0.471. The van der Waals surface area contributed by atoms with E-state index in [1.807, 2.05) is 11.8 Å². The molecule has 88 valence electrons. The lowest BCUT2D eigenvalue weighted by Crippen LogP contribution is -2.47. The normalized spacial score (nSPS) is 24.9. The number of aliphatic carboxylic acids is 1. The van der Waals surface area contributed by atoms with Gasteiger partial charge in [0.2, 0.25) is 0 Å². The zero-order chi connectivity index (χ0) is 11.1. The van der Waals surface area contributed by atoms with Crippen molar-refractivity contribution in [3.8, 4) is 0 Å². The predicted octanol–water partition coefficient (Wildman–Crippen LogP) is 1.97. The number of rotatable bonds is 8.